The summed E-state index contributed by atoms with van der Waals surface area (Å²) < 4.78 is 0. The molecule has 1 aliphatic rings. The Balaban J connectivity index is 1.08. The molecule has 0 nitrogen and oxygen atoms in total. The molecule has 0 aromatic carbocycles. The van der Waals surface area contributed by atoms with Gasteiger partial charge in [-0.2, -0.15) is 0 Å². The van der Waals surface area contributed by atoms with Crippen molar-refractivity contribution in [1.29, 1.82) is 0 Å². The molecular weight excluding hydrogens is 561 g/mol. The van der Waals surface area contributed by atoms with Crippen molar-refractivity contribution in [2.75, 3.05) is 0 Å². The predicted octanol–water partition coefficient (Wildman–Crippen LogP) is 11.9. The minimum absolute atomic E-state index is 0.585. The highest BCUT2D eigenvalue weighted by Crippen LogP contribution is 2.52. The fraction of sp³-hybridized carbons (Fsp3) is 0.0714. The van der Waals surface area contributed by atoms with Crippen LogP contribution < -0.4 is 0 Å². The summed E-state index contributed by atoms with van der Waals surface area (Å²) in [5.41, 5.74) is 0. The van der Waals surface area contributed by atoms with Crippen LogP contribution in [-0.4, -0.2) is 0 Å². The van der Waals surface area contributed by atoms with E-state index in [0.29, 0.717) is 5.25 Å². The number of thioether (sulfide) groups is 1. The van der Waals surface area contributed by atoms with Crippen molar-refractivity contribution in [3.05, 3.63) is 99.4 Å². The van der Waals surface area contributed by atoms with Crippen molar-refractivity contribution in [3.63, 3.8) is 0 Å². The summed E-state index contributed by atoms with van der Waals surface area (Å²) in [6, 6.07) is 27.0. The standard InChI is InChI=1S/C28H18S7/c1-3-17(29-15-1)19-5-7-21(31-19)23-9-11-25(33-23)27-13-14-28(35-27)26-12-10-24(34-26)22-8-6-20(32-22)18-4-2-16-30-18/h1-5,7-16,20H,6H2. The van der Waals surface area contributed by atoms with Crippen molar-refractivity contribution in [2.24, 2.45) is 0 Å². The normalized spacial score (nSPS) is 15.7. The predicted molar refractivity (Wildman–Crippen MR) is 165 cm³/mol. The van der Waals surface area contributed by atoms with Crippen LogP contribution in [0.3, 0.4) is 0 Å². The first-order valence-electron chi connectivity index (χ1n) is 11.1. The number of hydrogen-bond donors (Lipinski definition) is 0. The van der Waals surface area contributed by atoms with E-state index >= 15 is 0 Å². The van der Waals surface area contributed by atoms with Crippen LogP contribution in [-0.2, 0) is 0 Å². The Hall–Kier alpha value is -1.71. The molecule has 0 aliphatic carbocycles. The van der Waals surface area contributed by atoms with E-state index in [2.05, 4.69) is 89.6 Å². The maximum Gasteiger partial charge on any atom is 0.0473 e. The number of hydrogen-bond acceptors (Lipinski definition) is 7. The molecule has 0 bridgehead atoms. The molecule has 7 heteroatoms. The van der Waals surface area contributed by atoms with Crippen LogP contribution in [0.5, 0.6) is 0 Å². The second-order valence-electron chi connectivity index (χ2n) is 8.06. The Morgan fingerprint density at radius 1 is 0.486 bits per heavy atom. The lowest BCUT2D eigenvalue weighted by Gasteiger charge is -2.06. The van der Waals surface area contributed by atoms with Gasteiger partial charge in [0, 0.05) is 58.9 Å². The van der Waals surface area contributed by atoms with E-state index in [1.165, 1.54) is 53.7 Å². The molecule has 1 atom stereocenters. The molecule has 172 valence electrons. The van der Waals surface area contributed by atoms with Crippen molar-refractivity contribution in [2.45, 2.75) is 11.7 Å². The molecule has 0 fully saturated rings. The zero-order valence-corrected chi connectivity index (χ0v) is 24.0. The quantitative estimate of drug-likeness (QED) is 0.189. The Morgan fingerprint density at radius 3 is 1.49 bits per heavy atom. The van der Waals surface area contributed by atoms with Gasteiger partial charge in [0.2, 0.25) is 0 Å². The maximum absolute atomic E-state index is 2.42. The first-order chi connectivity index (χ1) is 17.3. The topological polar surface area (TPSA) is 0 Å². The Labute approximate surface area is 232 Å². The Kier molecular flexibility index (Phi) is 6.19. The largest absolute Gasteiger partial charge is 0.148 e. The lowest BCUT2D eigenvalue weighted by atomic mass is 10.2. The summed E-state index contributed by atoms with van der Waals surface area (Å²) in [7, 11) is 0. The highest BCUT2D eigenvalue weighted by molar-refractivity contribution is 8.09. The third kappa shape index (κ3) is 4.48. The molecule has 6 aromatic heterocycles. The van der Waals surface area contributed by atoms with Crippen molar-refractivity contribution in [1.82, 2.24) is 0 Å². The van der Waals surface area contributed by atoms with Crippen LogP contribution in [0.1, 0.15) is 21.4 Å². The van der Waals surface area contributed by atoms with Gasteiger partial charge in [-0.05, 0) is 77.8 Å². The number of allylic oxidation sites excluding steroid dienone is 1. The molecule has 7 heterocycles. The molecule has 0 N–H and O–H groups in total. The zero-order valence-electron chi connectivity index (χ0n) is 18.3. The van der Waals surface area contributed by atoms with E-state index < -0.39 is 0 Å². The summed E-state index contributed by atoms with van der Waals surface area (Å²) in [4.78, 5) is 15.2. The monoisotopic (exact) mass is 578 g/mol. The van der Waals surface area contributed by atoms with Crippen molar-refractivity contribution < 1.29 is 0 Å². The number of thiophene rings is 6. The summed E-state index contributed by atoms with van der Waals surface area (Å²) in [5, 5.41) is 4.92. The third-order valence-corrected chi connectivity index (χ3v) is 14.5. The highest BCUT2D eigenvalue weighted by atomic mass is 32.2. The molecule has 0 radical (unpaired) electrons. The molecule has 0 spiro atoms. The van der Waals surface area contributed by atoms with E-state index in [4.69, 9.17) is 0 Å². The van der Waals surface area contributed by atoms with Crippen LogP contribution in [0, 0.1) is 0 Å². The van der Waals surface area contributed by atoms with Gasteiger partial charge in [-0.15, -0.1) is 79.8 Å². The van der Waals surface area contributed by atoms with Crippen LogP contribution in [0.2, 0.25) is 0 Å². The minimum atomic E-state index is 0.585. The molecule has 0 amide bonds. The van der Waals surface area contributed by atoms with Crippen LogP contribution in [0.25, 0.3) is 43.9 Å². The van der Waals surface area contributed by atoms with Gasteiger partial charge >= 0.3 is 0 Å². The molecule has 0 saturated carbocycles. The van der Waals surface area contributed by atoms with Gasteiger partial charge in [-0.25, -0.2) is 0 Å². The molecule has 35 heavy (non-hydrogen) atoms. The molecular formula is C28H18S7. The van der Waals surface area contributed by atoms with Crippen LogP contribution >= 0.6 is 79.8 Å². The molecule has 6 aromatic rings. The van der Waals surface area contributed by atoms with Gasteiger partial charge in [0.1, 0.15) is 0 Å². The molecule has 1 unspecified atom stereocenters. The molecule has 0 saturated heterocycles. The van der Waals surface area contributed by atoms with E-state index in [-0.39, 0.29) is 0 Å². The third-order valence-electron chi connectivity index (χ3n) is 5.81. The first kappa shape index (κ1) is 22.5. The fourth-order valence-corrected chi connectivity index (χ4v) is 11.5. The average molecular weight is 579 g/mol. The van der Waals surface area contributed by atoms with E-state index in [1.807, 2.05) is 79.8 Å². The Morgan fingerprint density at radius 2 is 0.971 bits per heavy atom. The second kappa shape index (κ2) is 9.63. The van der Waals surface area contributed by atoms with Gasteiger partial charge in [0.05, 0.1) is 0 Å². The average Bonchev–Trinajstić information content (AvgIpc) is 3.71. The van der Waals surface area contributed by atoms with Gasteiger partial charge in [0.15, 0.2) is 0 Å². The lowest BCUT2D eigenvalue weighted by Crippen LogP contribution is -1.81. The lowest BCUT2D eigenvalue weighted by molar-refractivity contribution is 1.02. The highest BCUT2D eigenvalue weighted by Gasteiger charge is 2.22. The summed E-state index contributed by atoms with van der Waals surface area (Å²) >= 11 is 13.3. The van der Waals surface area contributed by atoms with E-state index in [9.17, 15) is 0 Å². The Bertz CT molecular complexity index is 1600. The first-order valence-corrected chi connectivity index (χ1v) is 17.1. The minimum Gasteiger partial charge on any atom is -0.148 e. The van der Waals surface area contributed by atoms with Crippen LogP contribution in [0.15, 0.2) is 89.6 Å². The molecule has 7 rings (SSSR count). The zero-order chi connectivity index (χ0) is 23.2. The summed E-state index contributed by atoms with van der Waals surface area (Å²) in [6.07, 6.45) is 3.56. The summed E-state index contributed by atoms with van der Waals surface area (Å²) in [6.45, 7) is 0. The van der Waals surface area contributed by atoms with Gasteiger partial charge in [-0.1, -0.05) is 18.2 Å². The van der Waals surface area contributed by atoms with Gasteiger partial charge in [0.25, 0.3) is 0 Å². The molecule has 1 aliphatic heterocycles. The fourth-order valence-electron chi connectivity index (χ4n) is 4.10. The number of rotatable bonds is 6. The SMILES string of the molecule is C1=C(c2ccc(-c3ccc(-c4ccc(-c5ccc(-c6cccs6)s5)s4)s3)s2)SC(c2cccs2)C1. The van der Waals surface area contributed by atoms with Crippen molar-refractivity contribution >= 4 is 84.7 Å². The second-order valence-corrected chi connectivity index (χ2v) is 15.6. The smallest absolute Gasteiger partial charge is 0.0473 e. The maximum atomic E-state index is 2.42. The summed E-state index contributed by atoms with van der Waals surface area (Å²) in [5.74, 6) is 0. The van der Waals surface area contributed by atoms with Crippen molar-refractivity contribution in [3.8, 4) is 39.0 Å². The van der Waals surface area contributed by atoms with Gasteiger partial charge < -0.3 is 0 Å². The van der Waals surface area contributed by atoms with E-state index in [0.717, 1.165) is 6.42 Å². The van der Waals surface area contributed by atoms with Gasteiger partial charge in [-0.3, -0.25) is 0 Å². The van der Waals surface area contributed by atoms with Crippen LogP contribution in [0.4, 0.5) is 0 Å². The van der Waals surface area contributed by atoms with E-state index in [1.54, 1.807) is 0 Å².